The van der Waals surface area contributed by atoms with Gasteiger partial charge >= 0.3 is 0 Å². The Labute approximate surface area is 692 Å². The third kappa shape index (κ3) is 11.8. The minimum atomic E-state index is -0.793. The van der Waals surface area contributed by atoms with Gasteiger partial charge in [0.05, 0.1) is 16.5 Å². The lowest BCUT2D eigenvalue weighted by molar-refractivity contribution is 0.369. The summed E-state index contributed by atoms with van der Waals surface area (Å²) in [6.45, 7) is 9.50. The van der Waals surface area contributed by atoms with Crippen LogP contribution in [-0.2, 0) is 21.7 Å². The van der Waals surface area contributed by atoms with Crippen molar-refractivity contribution < 1.29 is 8.83 Å². The molecule has 0 saturated carbocycles. The zero-order chi connectivity index (χ0) is 78.7. The average molecular weight is 1530 g/mol. The summed E-state index contributed by atoms with van der Waals surface area (Å²) < 4.78 is 14.7. The second-order valence-corrected chi connectivity index (χ2v) is 34.8. The van der Waals surface area contributed by atoms with Crippen molar-refractivity contribution in [1.29, 1.82) is 0 Å². The van der Waals surface area contributed by atoms with Crippen molar-refractivity contribution in [3.63, 3.8) is 0 Å². The minimum absolute atomic E-state index is 0.184. The van der Waals surface area contributed by atoms with E-state index in [1.54, 1.807) is 16.7 Å². The van der Waals surface area contributed by atoms with Crippen LogP contribution in [-0.4, -0.2) is 0 Å². The number of fused-ring (bicyclic) bond motifs is 23. The van der Waals surface area contributed by atoms with Crippen molar-refractivity contribution >= 4 is 71.7 Å². The highest BCUT2D eigenvalue weighted by molar-refractivity contribution is 6.21. The van der Waals surface area contributed by atoms with E-state index in [9.17, 15) is 0 Å². The molecule has 0 atom stereocenters. The number of rotatable bonds is 31. The highest BCUT2D eigenvalue weighted by Gasteiger charge is 2.56. The van der Waals surface area contributed by atoms with Gasteiger partial charge in [-0.1, -0.05) is 393 Å². The first kappa shape index (κ1) is 74.6. The number of hydrogen-bond acceptors (Lipinski definition) is 3. The number of benzene rings is 14. The van der Waals surface area contributed by atoms with Crippen LogP contribution in [0.15, 0.2) is 306 Å². The van der Waals surface area contributed by atoms with Crippen LogP contribution >= 0.6 is 0 Å². The van der Waals surface area contributed by atoms with E-state index < -0.39 is 10.8 Å². The quantitative estimate of drug-likeness (QED) is 0.0406. The first-order valence-corrected chi connectivity index (χ1v) is 45.0. The Morgan fingerprint density at radius 1 is 0.256 bits per heavy atom. The lowest BCUT2D eigenvalue weighted by atomic mass is 9.62. The molecular weight excluding hydrogens is 1420 g/mol. The zero-order valence-corrected chi connectivity index (χ0v) is 69.0. The van der Waals surface area contributed by atoms with Crippen LogP contribution in [0.3, 0.4) is 0 Å². The van der Waals surface area contributed by atoms with Gasteiger partial charge < -0.3 is 13.7 Å². The van der Waals surface area contributed by atoms with E-state index in [0.717, 1.165) is 83.0 Å². The molecule has 0 amide bonds. The van der Waals surface area contributed by atoms with E-state index in [1.165, 1.54) is 237 Å². The summed E-state index contributed by atoms with van der Waals surface area (Å²) in [4.78, 5) is 2.70. The Morgan fingerprint density at radius 3 is 1.25 bits per heavy atom. The minimum Gasteiger partial charge on any atom is -0.456 e. The van der Waals surface area contributed by atoms with E-state index >= 15 is 0 Å². The maximum atomic E-state index is 7.76. The summed E-state index contributed by atoms with van der Waals surface area (Å²) in [7, 11) is 0. The largest absolute Gasteiger partial charge is 0.456 e. The molecule has 582 valence electrons. The lowest BCUT2D eigenvalue weighted by Gasteiger charge is -2.40. The van der Waals surface area contributed by atoms with Crippen LogP contribution in [0, 0.1) is 0 Å². The average Bonchev–Trinajstić information content (AvgIpc) is 1.57. The van der Waals surface area contributed by atoms with Crippen molar-refractivity contribution in [3.8, 4) is 44.5 Å². The maximum absolute atomic E-state index is 7.76. The Morgan fingerprint density at radius 2 is 0.675 bits per heavy atom. The van der Waals surface area contributed by atoms with Gasteiger partial charge in [-0.3, -0.25) is 0 Å². The van der Waals surface area contributed by atoms with Crippen LogP contribution in [0.4, 0.5) is 17.1 Å². The molecule has 20 rings (SSSR count). The summed E-state index contributed by atoms with van der Waals surface area (Å²) in [6.07, 6.45) is 29.3. The van der Waals surface area contributed by atoms with E-state index in [0.29, 0.717) is 0 Å². The molecule has 4 aliphatic rings. The Hall–Kier alpha value is -11.3. The molecule has 16 aromatic rings. The number of nitrogens with zero attached hydrogens (tertiary/aromatic N) is 1. The summed E-state index contributed by atoms with van der Waals surface area (Å²) in [5.41, 5.74) is 32.3. The second-order valence-electron chi connectivity index (χ2n) is 34.8. The molecule has 3 heteroatoms. The predicted molar refractivity (Wildman–Crippen MR) is 494 cm³/mol. The molecule has 0 fully saturated rings. The highest BCUT2D eigenvalue weighted by Crippen LogP contribution is 2.70. The highest BCUT2D eigenvalue weighted by atomic mass is 16.3. The van der Waals surface area contributed by atoms with E-state index in [2.05, 4.69) is 330 Å². The zero-order valence-electron chi connectivity index (χ0n) is 69.0. The van der Waals surface area contributed by atoms with Crippen LogP contribution in [0.1, 0.15) is 249 Å². The molecule has 14 aromatic carbocycles. The van der Waals surface area contributed by atoms with Gasteiger partial charge in [-0.25, -0.2) is 0 Å². The number of unbranched alkanes of at least 4 members (excludes halogenated alkanes) is 16. The van der Waals surface area contributed by atoms with Crippen molar-refractivity contribution in [2.75, 3.05) is 4.90 Å². The topological polar surface area (TPSA) is 29.5 Å². The summed E-state index contributed by atoms with van der Waals surface area (Å²) >= 11 is 0. The molecule has 0 bridgehead atoms. The van der Waals surface area contributed by atoms with Crippen molar-refractivity contribution in [2.45, 2.75) is 203 Å². The summed E-state index contributed by atoms with van der Waals surface area (Å²) in [5.74, 6) is 0. The lowest BCUT2D eigenvalue weighted by Crippen LogP contribution is -2.33. The van der Waals surface area contributed by atoms with Gasteiger partial charge in [0, 0.05) is 54.7 Å². The van der Waals surface area contributed by atoms with Crippen LogP contribution in [0.2, 0.25) is 0 Å². The molecular formula is C114H109NO2. The summed E-state index contributed by atoms with van der Waals surface area (Å²) in [5, 5.41) is 7.29. The molecule has 0 spiro atoms. The molecule has 0 aliphatic heterocycles. The third-order valence-corrected chi connectivity index (χ3v) is 28.3. The van der Waals surface area contributed by atoms with Crippen LogP contribution < -0.4 is 4.90 Å². The molecule has 0 unspecified atom stereocenters. The fraction of sp³-hybridized carbons (Fsp3) is 0.281. The van der Waals surface area contributed by atoms with Gasteiger partial charge in [0.25, 0.3) is 0 Å². The third-order valence-electron chi connectivity index (χ3n) is 28.3. The number of para-hydroxylation sites is 2. The summed E-state index contributed by atoms with van der Waals surface area (Å²) in [6, 6.07) is 115. The van der Waals surface area contributed by atoms with Gasteiger partial charge in [-0.15, -0.1) is 0 Å². The molecule has 0 saturated heterocycles. The monoisotopic (exact) mass is 1520 g/mol. The smallest absolute Gasteiger partial charge is 0.144 e. The van der Waals surface area contributed by atoms with Crippen LogP contribution in [0.25, 0.3) is 99.2 Å². The first-order chi connectivity index (χ1) is 57.9. The van der Waals surface area contributed by atoms with Crippen LogP contribution in [0.5, 0.6) is 0 Å². The number of hydrogen-bond donors (Lipinski definition) is 0. The Balaban J connectivity index is 0.869. The fourth-order valence-electron chi connectivity index (χ4n) is 23.3. The van der Waals surface area contributed by atoms with E-state index in [1.807, 2.05) is 0 Å². The van der Waals surface area contributed by atoms with Gasteiger partial charge in [-0.05, 0) is 197 Å². The Kier molecular flexibility index (Phi) is 20.0. The van der Waals surface area contributed by atoms with Gasteiger partial charge in [0.1, 0.15) is 22.3 Å². The van der Waals surface area contributed by atoms with E-state index in [4.69, 9.17) is 8.83 Å². The molecule has 4 aliphatic carbocycles. The second kappa shape index (κ2) is 31.3. The normalized spacial score (nSPS) is 14.6. The SMILES string of the molecule is CCCCCCCC1(CCCCCCC)c2cc(N(c3ccc4c(c3)C(c3ccccc3)(c3ccccc3)c3cc5c(cc3-4)C(c3ccccc3)(c3ccccc3)c3ccc4oc6ccccc6c4c3-5)c3cccc4ccccc34)ccc2-c2c1c1c(c3c2oc2ccccc23)-c2ccccc2C1(CCCCCCC)CCCCCCC. The van der Waals surface area contributed by atoms with Crippen molar-refractivity contribution in [2.24, 2.45) is 0 Å². The van der Waals surface area contributed by atoms with Crippen molar-refractivity contribution in [1.82, 2.24) is 0 Å². The number of anilines is 3. The maximum Gasteiger partial charge on any atom is 0.144 e. The van der Waals surface area contributed by atoms with Gasteiger partial charge in [0.2, 0.25) is 0 Å². The number of furan rings is 2. The molecule has 0 radical (unpaired) electrons. The molecule has 117 heavy (non-hydrogen) atoms. The van der Waals surface area contributed by atoms with Gasteiger partial charge in [0.15, 0.2) is 0 Å². The fourth-order valence-corrected chi connectivity index (χ4v) is 23.3. The first-order valence-electron chi connectivity index (χ1n) is 45.0. The van der Waals surface area contributed by atoms with E-state index in [-0.39, 0.29) is 10.8 Å². The van der Waals surface area contributed by atoms with Gasteiger partial charge in [-0.2, -0.15) is 0 Å². The molecule has 2 aromatic heterocycles. The van der Waals surface area contributed by atoms with Crippen molar-refractivity contribution in [3.05, 3.63) is 364 Å². The predicted octanol–water partition coefficient (Wildman–Crippen LogP) is 32.8. The molecule has 0 N–H and O–H groups in total. The molecule has 2 heterocycles. The Bertz CT molecular complexity index is 6240. The standard InChI is InChI=1S/C114H109NO2/c1-5-9-13-17-41-70-111(71-42-18-14-10-6-2)93-60-38-35-57-87(93)105-106-90-59-37-40-63-101(90)117-110(106)107-88-67-65-83(74-95(88)112(109(107)108(105)111,72-43-19-15-11-7-3)73-44-20-16-12-8-4)115(99-61-45-47-78-46-33-34-56-85(78)99)84-64-66-86-91-76-98-92(77-97(91)114(96(86)75-84,81-52-29-23-30-53-81)82-54-31-24-32-55-82)103-94(68-69-102-104(103)89-58-36-39-62-100(89)116-102)113(98,79-48-25-21-26-49-79)80-50-27-22-28-51-80/h21-40,45-69,74-77H,5-20,41-44,70-73H2,1-4H3. The molecule has 3 nitrogen and oxygen atoms in total.